The van der Waals surface area contributed by atoms with Gasteiger partial charge in [-0.3, -0.25) is 9.59 Å². The number of aryl methyl sites for hydroxylation is 2. The van der Waals surface area contributed by atoms with Crippen molar-refractivity contribution in [1.82, 2.24) is 5.32 Å². The number of esters is 1. The highest BCUT2D eigenvalue weighted by Gasteiger charge is 2.21. The number of Topliss-reactive ketones (excluding diaryl/α,β-unsaturated/α-hetero) is 1. The van der Waals surface area contributed by atoms with Crippen LogP contribution in [0, 0.1) is 5.41 Å². The van der Waals surface area contributed by atoms with Crippen LogP contribution in [0.25, 0.3) is 0 Å². The first-order valence-corrected chi connectivity index (χ1v) is 10.7. The lowest BCUT2D eigenvalue weighted by Crippen LogP contribution is -2.34. The maximum atomic E-state index is 12.4. The van der Waals surface area contributed by atoms with E-state index in [1.807, 2.05) is 39.0 Å². The Morgan fingerprint density at radius 2 is 1.76 bits per heavy atom. The molecular formula is C23H27NO4S. The van der Waals surface area contributed by atoms with Crippen LogP contribution in [-0.4, -0.2) is 24.3 Å². The molecule has 0 unspecified atom stereocenters. The van der Waals surface area contributed by atoms with Gasteiger partial charge in [-0.2, -0.15) is 0 Å². The van der Waals surface area contributed by atoms with Gasteiger partial charge in [-0.05, 0) is 61.1 Å². The van der Waals surface area contributed by atoms with Crippen molar-refractivity contribution < 1.29 is 19.1 Å². The number of amides is 1. The summed E-state index contributed by atoms with van der Waals surface area (Å²) in [7, 11) is 0. The molecule has 0 saturated carbocycles. The number of hydrogen-bond donors (Lipinski definition) is 1. The molecule has 0 spiro atoms. The molecule has 0 atom stereocenters. The predicted octanol–water partition coefficient (Wildman–Crippen LogP) is 4.33. The van der Waals surface area contributed by atoms with Gasteiger partial charge >= 0.3 is 5.97 Å². The van der Waals surface area contributed by atoms with E-state index in [1.54, 1.807) is 12.1 Å². The fraction of sp³-hybridized carbons (Fsp3) is 0.435. The van der Waals surface area contributed by atoms with Crippen LogP contribution in [0.2, 0.25) is 0 Å². The van der Waals surface area contributed by atoms with Crippen molar-refractivity contribution in [2.45, 2.75) is 53.0 Å². The molecule has 0 fully saturated rings. The van der Waals surface area contributed by atoms with Gasteiger partial charge in [0.05, 0.1) is 17.0 Å². The molecule has 29 heavy (non-hydrogen) atoms. The van der Waals surface area contributed by atoms with E-state index in [0.717, 1.165) is 24.1 Å². The van der Waals surface area contributed by atoms with E-state index in [0.29, 0.717) is 17.0 Å². The maximum absolute atomic E-state index is 12.4. The van der Waals surface area contributed by atoms with Crippen molar-refractivity contribution >= 4 is 29.0 Å². The summed E-state index contributed by atoms with van der Waals surface area (Å²) in [5, 5.41) is 2.86. The lowest BCUT2D eigenvalue weighted by molar-refractivity contribution is -0.128. The summed E-state index contributed by atoms with van der Waals surface area (Å²) >= 11 is 1.30. The van der Waals surface area contributed by atoms with E-state index in [4.69, 9.17) is 4.74 Å². The van der Waals surface area contributed by atoms with E-state index in [2.05, 4.69) is 5.32 Å². The summed E-state index contributed by atoms with van der Waals surface area (Å²) in [6.45, 7) is 5.64. The molecule has 0 bridgehead atoms. The minimum Gasteiger partial charge on any atom is -0.454 e. The van der Waals surface area contributed by atoms with E-state index >= 15 is 0 Å². The first-order valence-electron chi connectivity index (χ1n) is 9.93. The number of nitrogens with one attached hydrogen (secondary N) is 1. The molecule has 0 radical (unpaired) electrons. The van der Waals surface area contributed by atoms with E-state index in [1.165, 1.54) is 28.9 Å². The third-order valence-corrected chi connectivity index (χ3v) is 6.09. The van der Waals surface area contributed by atoms with Gasteiger partial charge in [0.25, 0.3) is 0 Å². The molecule has 5 nitrogen and oxygen atoms in total. The highest BCUT2D eigenvalue weighted by Crippen LogP contribution is 2.23. The lowest BCUT2D eigenvalue weighted by Gasteiger charge is -2.17. The van der Waals surface area contributed by atoms with Crippen molar-refractivity contribution in [2.75, 3.05) is 6.61 Å². The third kappa shape index (κ3) is 5.54. The summed E-state index contributed by atoms with van der Waals surface area (Å²) in [6, 6.07) is 9.18. The molecule has 1 aliphatic rings. The van der Waals surface area contributed by atoms with Gasteiger partial charge in [0.15, 0.2) is 6.61 Å². The summed E-state index contributed by atoms with van der Waals surface area (Å²) in [4.78, 5) is 38.0. The average Bonchev–Trinajstić information content (AvgIpc) is 3.18. The molecule has 0 aliphatic heterocycles. The van der Waals surface area contributed by atoms with Gasteiger partial charge < -0.3 is 10.1 Å². The number of benzene rings is 1. The Bertz CT molecular complexity index is 923. The smallest absolute Gasteiger partial charge is 0.338 e. The number of ether oxygens (including phenoxy) is 1. The number of fused-ring (bicyclic) bond motifs is 1. The molecule has 3 rings (SSSR count). The number of carbonyl (C=O) groups excluding carboxylic acids is 3. The van der Waals surface area contributed by atoms with Crippen LogP contribution in [0.4, 0.5) is 0 Å². The van der Waals surface area contributed by atoms with Gasteiger partial charge in [-0.1, -0.05) is 26.8 Å². The zero-order valence-electron chi connectivity index (χ0n) is 17.2. The van der Waals surface area contributed by atoms with Crippen molar-refractivity contribution in [3.8, 4) is 0 Å². The summed E-state index contributed by atoms with van der Waals surface area (Å²) in [5.41, 5.74) is 2.54. The summed E-state index contributed by atoms with van der Waals surface area (Å²) in [6.07, 6.45) is 4.37. The van der Waals surface area contributed by atoms with Gasteiger partial charge in [0, 0.05) is 10.3 Å². The van der Waals surface area contributed by atoms with Gasteiger partial charge in [0.2, 0.25) is 11.7 Å². The highest BCUT2D eigenvalue weighted by molar-refractivity contribution is 7.14. The number of hydrogen-bond acceptors (Lipinski definition) is 5. The first-order chi connectivity index (χ1) is 13.7. The maximum Gasteiger partial charge on any atom is 0.338 e. The van der Waals surface area contributed by atoms with E-state index in [-0.39, 0.29) is 18.3 Å². The number of carbonyl (C=O) groups is 3. The van der Waals surface area contributed by atoms with Crippen molar-refractivity contribution in [3.05, 3.63) is 56.8 Å². The zero-order chi connectivity index (χ0) is 21.0. The molecule has 6 heteroatoms. The second kappa shape index (κ2) is 8.91. The Labute approximate surface area is 175 Å². The van der Waals surface area contributed by atoms with Crippen LogP contribution in [0.1, 0.15) is 69.6 Å². The fourth-order valence-corrected chi connectivity index (χ4v) is 4.07. The monoisotopic (exact) mass is 413 g/mol. The largest absolute Gasteiger partial charge is 0.454 e. The van der Waals surface area contributed by atoms with E-state index < -0.39 is 11.4 Å². The van der Waals surface area contributed by atoms with Crippen LogP contribution >= 0.6 is 11.3 Å². The number of ketones is 1. The van der Waals surface area contributed by atoms with Gasteiger partial charge in [0.1, 0.15) is 0 Å². The first kappa shape index (κ1) is 21.2. The molecule has 1 aliphatic carbocycles. The molecule has 1 N–H and O–H groups in total. The highest BCUT2D eigenvalue weighted by atomic mass is 32.1. The predicted molar refractivity (Wildman–Crippen MR) is 113 cm³/mol. The number of thiophene rings is 1. The van der Waals surface area contributed by atoms with Crippen LogP contribution < -0.4 is 5.32 Å². The zero-order valence-corrected chi connectivity index (χ0v) is 18.0. The second-order valence-electron chi connectivity index (χ2n) is 8.39. The SMILES string of the molecule is CC(C)(C)C(=O)NCc1ccc(C(=O)COC(=O)c2ccc3c(c2)CCCC3)s1. The Hall–Kier alpha value is -2.47. The molecule has 2 aromatic rings. The van der Waals surface area contributed by atoms with E-state index in [9.17, 15) is 14.4 Å². The molecule has 1 amide bonds. The standard InChI is InChI=1S/C23H27NO4S/c1-23(2,3)22(27)24-13-18-10-11-20(29-18)19(25)14-28-21(26)17-9-8-15-6-4-5-7-16(15)12-17/h8-12H,4-7,13-14H2,1-3H3,(H,24,27). The third-order valence-electron chi connectivity index (χ3n) is 4.96. The average molecular weight is 414 g/mol. The van der Waals surface area contributed by atoms with Gasteiger partial charge in [-0.15, -0.1) is 11.3 Å². The summed E-state index contributed by atoms with van der Waals surface area (Å²) < 4.78 is 5.24. The topological polar surface area (TPSA) is 72.5 Å². The lowest BCUT2D eigenvalue weighted by atomic mass is 9.90. The Morgan fingerprint density at radius 3 is 2.48 bits per heavy atom. The van der Waals surface area contributed by atoms with Crippen LogP contribution in [-0.2, 0) is 28.9 Å². The Balaban J connectivity index is 1.52. The minimum atomic E-state index is -0.471. The van der Waals surface area contributed by atoms with Crippen LogP contribution in [0.15, 0.2) is 30.3 Å². The molecule has 0 saturated heterocycles. The normalized spacial score (nSPS) is 13.5. The van der Waals surface area contributed by atoms with Crippen LogP contribution in [0.5, 0.6) is 0 Å². The van der Waals surface area contributed by atoms with Crippen molar-refractivity contribution in [1.29, 1.82) is 0 Å². The molecular weight excluding hydrogens is 386 g/mol. The quantitative estimate of drug-likeness (QED) is 0.565. The number of rotatable bonds is 6. The van der Waals surface area contributed by atoms with Crippen molar-refractivity contribution in [3.63, 3.8) is 0 Å². The molecule has 154 valence electrons. The minimum absolute atomic E-state index is 0.0437. The Morgan fingerprint density at radius 1 is 1.03 bits per heavy atom. The fourth-order valence-electron chi connectivity index (χ4n) is 3.20. The van der Waals surface area contributed by atoms with Gasteiger partial charge in [-0.25, -0.2) is 4.79 Å². The molecule has 1 aromatic heterocycles. The van der Waals surface area contributed by atoms with Crippen molar-refractivity contribution in [2.24, 2.45) is 5.41 Å². The van der Waals surface area contributed by atoms with Crippen LogP contribution in [0.3, 0.4) is 0 Å². The summed E-state index contributed by atoms with van der Waals surface area (Å²) in [5.74, 6) is -0.756. The molecule has 1 aromatic carbocycles. The second-order valence-corrected chi connectivity index (χ2v) is 9.56. The Kier molecular flexibility index (Phi) is 6.52. The molecule has 1 heterocycles.